The van der Waals surface area contributed by atoms with E-state index in [0.717, 1.165) is 29.2 Å². The summed E-state index contributed by atoms with van der Waals surface area (Å²) in [5.74, 6) is 0. The molecule has 3 heteroatoms. The summed E-state index contributed by atoms with van der Waals surface area (Å²) in [7, 11) is 0. The van der Waals surface area contributed by atoms with Crippen molar-refractivity contribution in [1.29, 1.82) is 5.26 Å². The van der Waals surface area contributed by atoms with Gasteiger partial charge in [0.05, 0.1) is 23.9 Å². The fourth-order valence-electron chi connectivity index (χ4n) is 1.88. The highest BCUT2D eigenvalue weighted by Crippen LogP contribution is 2.47. The minimum absolute atomic E-state index is 0.211. The van der Waals surface area contributed by atoms with Crippen molar-refractivity contribution in [2.45, 2.75) is 18.3 Å². The van der Waals surface area contributed by atoms with Crippen LogP contribution < -0.4 is 0 Å². The Morgan fingerprint density at radius 2 is 1.87 bits per heavy atom. The maximum atomic E-state index is 9.10. The lowest BCUT2D eigenvalue weighted by atomic mass is 9.96. The van der Waals surface area contributed by atoms with Crippen LogP contribution in [0, 0.1) is 11.3 Å². The van der Waals surface area contributed by atoms with E-state index in [1.54, 1.807) is 12.4 Å². The number of aromatic nitrogens is 2. The lowest BCUT2D eigenvalue weighted by Gasteiger charge is -2.06. The van der Waals surface area contributed by atoms with Crippen LogP contribution in [-0.4, -0.2) is 10.2 Å². The van der Waals surface area contributed by atoms with Crippen LogP contribution in [0.3, 0.4) is 0 Å². The monoisotopic (exact) mass is 195 g/mol. The van der Waals surface area contributed by atoms with Gasteiger partial charge in [-0.1, -0.05) is 12.1 Å². The number of nitrogens with zero attached hydrogens (tertiary/aromatic N) is 3. The van der Waals surface area contributed by atoms with Crippen molar-refractivity contribution in [2.75, 3.05) is 0 Å². The minimum atomic E-state index is -0.211. The largest absolute Gasteiger partial charge is 0.197 e. The van der Waals surface area contributed by atoms with Crippen LogP contribution in [0.5, 0.6) is 0 Å². The molecule has 1 saturated carbocycles. The predicted octanol–water partition coefficient (Wildman–Crippen LogP) is 2.18. The summed E-state index contributed by atoms with van der Waals surface area (Å²) in [5, 5.41) is 18.9. The molecule has 3 rings (SSSR count). The van der Waals surface area contributed by atoms with E-state index in [-0.39, 0.29) is 5.41 Å². The van der Waals surface area contributed by atoms with E-state index in [1.165, 1.54) is 0 Å². The number of rotatable bonds is 1. The fraction of sp³-hybridized carbons (Fsp3) is 0.250. The zero-order chi connectivity index (χ0) is 10.3. The van der Waals surface area contributed by atoms with Crippen molar-refractivity contribution < 1.29 is 0 Å². The molecule has 1 aliphatic rings. The first-order valence-corrected chi connectivity index (χ1v) is 4.96. The second-order valence-corrected chi connectivity index (χ2v) is 4.03. The van der Waals surface area contributed by atoms with E-state index in [2.05, 4.69) is 22.3 Å². The second-order valence-electron chi connectivity index (χ2n) is 4.03. The molecule has 0 radical (unpaired) electrons. The van der Waals surface area contributed by atoms with Gasteiger partial charge in [-0.05, 0) is 24.5 Å². The predicted molar refractivity (Wildman–Crippen MR) is 56.1 cm³/mol. The van der Waals surface area contributed by atoms with E-state index in [4.69, 9.17) is 5.26 Å². The minimum Gasteiger partial charge on any atom is -0.197 e. The Morgan fingerprint density at radius 3 is 2.53 bits per heavy atom. The van der Waals surface area contributed by atoms with Gasteiger partial charge < -0.3 is 0 Å². The van der Waals surface area contributed by atoms with Gasteiger partial charge >= 0.3 is 0 Å². The lowest BCUT2D eigenvalue weighted by Crippen LogP contribution is -2.01. The molecule has 0 saturated heterocycles. The van der Waals surface area contributed by atoms with E-state index in [1.807, 2.05) is 12.1 Å². The molecule has 1 aromatic heterocycles. The van der Waals surface area contributed by atoms with Gasteiger partial charge in [0.25, 0.3) is 0 Å². The van der Waals surface area contributed by atoms with Crippen LogP contribution >= 0.6 is 0 Å². The van der Waals surface area contributed by atoms with Gasteiger partial charge in [0.1, 0.15) is 0 Å². The van der Waals surface area contributed by atoms with Gasteiger partial charge in [0, 0.05) is 10.8 Å². The van der Waals surface area contributed by atoms with Crippen LogP contribution in [-0.2, 0) is 5.41 Å². The van der Waals surface area contributed by atoms with Gasteiger partial charge in [-0.3, -0.25) is 0 Å². The first-order valence-electron chi connectivity index (χ1n) is 4.96. The van der Waals surface area contributed by atoms with Gasteiger partial charge in [0.2, 0.25) is 0 Å². The first-order chi connectivity index (χ1) is 7.34. The Bertz CT molecular complexity index is 564. The number of nitriles is 1. The zero-order valence-corrected chi connectivity index (χ0v) is 8.14. The van der Waals surface area contributed by atoms with Crippen LogP contribution in [0.15, 0.2) is 30.6 Å². The molecule has 0 bridgehead atoms. The maximum absolute atomic E-state index is 9.10. The van der Waals surface area contributed by atoms with Gasteiger partial charge in [-0.25, -0.2) is 0 Å². The highest BCUT2D eigenvalue weighted by Gasteiger charge is 2.44. The highest BCUT2D eigenvalue weighted by molar-refractivity contribution is 5.81. The molecule has 72 valence electrons. The molecule has 15 heavy (non-hydrogen) atoms. The Morgan fingerprint density at radius 1 is 1.13 bits per heavy atom. The normalized spacial score (nSPS) is 17.3. The summed E-state index contributed by atoms with van der Waals surface area (Å²) in [6.45, 7) is 0. The molecule has 1 aromatic carbocycles. The first kappa shape index (κ1) is 8.37. The summed E-state index contributed by atoms with van der Waals surface area (Å²) in [4.78, 5) is 0. The Kier molecular flexibility index (Phi) is 1.54. The van der Waals surface area contributed by atoms with Crippen LogP contribution in [0.4, 0.5) is 0 Å². The van der Waals surface area contributed by atoms with E-state index in [0.29, 0.717) is 0 Å². The van der Waals surface area contributed by atoms with Crippen LogP contribution in [0.1, 0.15) is 18.4 Å². The third kappa shape index (κ3) is 1.18. The van der Waals surface area contributed by atoms with Crippen molar-refractivity contribution in [3.8, 4) is 6.07 Å². The third-order valence-electron chi connectivity index (χ3n) is 3.06. The Labute approximate surface area is 87.4 Å². The van der Waals surface area contributed by atoms with E-state index >= 15 is 0 Å². The number of hydrogen-bond donors (Lipinski definition) is 0. The summed E-state index contributed by atoms with van der Waals surface area (Å²) in [6, 6.07) is 8.49. The molecular formula is C12H9N3. The fourth-order valence-corrected chi connectivity index (χ4v) is 1.88. The average Bonchev–Trinajstić information content (AvgIpc) is 3.09. The Balaban J connectivity index is 2.19. The van der Waals surface area contributed by atoms with Crippen molar-refractivity contribution >= 4 is 10.8 Å². The molecule has 0 spiro atoms. The number of fused-ring (bicyclic) bond motifs is 1. The molecule has 0 atom stereocenters. The average molecular weight is 195 g/mol. The van der Waals surface area contributed by atoms with Crippen LogP contribution in [0.2, 0.25) is 0 Å². The van der Waals surface area contributed by atoms with Gasteiger partial charge in [-0.15, -0.1) is 0 Å². The Hall–Kier alpha value is -1.95. The van der Waals surface area contributed by atoms with Gasteiger partial charge in [0.15, 0.2) is 0 Å². The second kappa shape index (κ2) is 2.77. The van der Waals surface area contributed by atoms with Crippen LogP contribution in [0.25, 0.3) is 10.8 Å². The molecule has 2 aromatic rings. The molecule has 0 aliphatic heterocycles. The molecule has 1 fully saturated rings. The lowest BCUT2D eigenvalue weighted by molar-refractivity contribution is 0.910. The van der Waals surface area contributed by atoms with E-state index < -0.39 is 0 Å². The van der Waals surface area contributed by atoms with Crippen molar-refractivity contribution in [1.82, 2.24) is 10.2 Å². The topological polar surface area (TPSA) is 49.6 Å². The smallest absolute Gasteiger partial charge is 0.0824 e. The van der Waals surface area contributed by atoms with Gasteiger partial charge in [-0.2, -0.15) is 15.5 Å². The van der Waals surface area contributed by atoms with Crippen molar-refractivity contribution in [2.24, 2.45) is 0 Å². The summed E-state index contributed by atoms with van der Waals surface area (Å²) >= 11 is 0. The maximum Gasteiger partial charge on any atom is 0.0824 e. The summed E-state index contributed by atoms with van der Waals surface area (Å²) < 4.78 is 0. The molecule has 0 unspecified atom stereocenters. The SMILES string of the molecule is N#CC1(c2ccc3cnncc3c2)CC1. The molecule has 0 amide bonds. The molecule has 1 heterocycles. The van der Waals surface area contributed by atoms with Crippen molar-refractivity contribution in [3.63, 3.8) is 0 Å². The molecular weight excluding hydrogens is 186 g/mol. The quantitative estimate of drug-likeness (QED) is 0.700. The standard InChI is InChI=1S/C12H9N3/c13-8-12(3-4-12)11-2-1-9-6-14-15-7-10(9)5-11/h1-2,5-7H,3-4H2. The molecule has 3 nitrogen and oxygen atoms in total. The zero-order valence-electron chi connectivity index (χ0n) is 8.14. The molecule has 0 N–H and O–H groups in total. The third-order valence-corrected chi connectivity index (χ3v) is 3.06. The summed E-state index contributed by atoms with van der Waals surface area (Å²) in [5.41, 5.74) is 0.905. The molecule has 1 aliphatic carbocycles. The van der Waals surface area contributed by atoms with E-state index in [9.17, 15) is 0 Å². The summed E-state index contributed by atoms with van der Waals surface area (Å²) in [6.07, 6.45) is 5.44. The number of benzene rings is 1. The number of hydrogen-bond acceptors (Lipinski definition) is 3. The van der Waals surface area contributed by atoms with Crippen molar-refractivity contribution in [3.05, 3.63) is 36.2 Å². The highest BCUT2D eigenvalue weighted by atomic mass is 15.1.